The third-order valence-corrected chi connectivity index (χ3v) is 8.99. The van der Waals surface area contributed by atoms with E-state index in [-0.39, 0.29) is 28.8 Å². The topological polar surface area (TPSA) is 54.4 Å². The van der Waals surface area contributed by atoms with Gasteiger partial charge in [-0.3, -0.25) is 9.59 Å². The Bertz CT molecular complexity index is 569. The number of carbonyl (C=O) groups excluding carboxylic acids is 2. The molecule has 3 nitrogen and oxygen atoms in total. The van der Waals surface area contributed by atoms with Crippen molar-refractivity contribution in [1.29, 1.82) is 0 Å². The van der Waals surface area contributed by atoms with Crippen molar-refractivity contribution in [2.75, 3.05) is 0 Å². The molecule has 4 fully saturated rings. The van der Waals surface area contributed by atoms with Crippen molar-refractivity contribution < 1.29 is 14.7 Å². The van der Waals surface area contributed by atoms with Gasteiger partial charge in [0.1, 0.15) is 11.6 Å². The fraction of sp³-hybridized carbons (Fsp3) is 0.905. The normalized spacial score (nSPS) is 53.9. The summed E-state index contributed by atoms with van der Waals surface area (Å²) in [5.41, 5.74) is 0.256. The van der Waals surface area contributed by atoms with Crippen molar-refractivity contribution in [3.05, 3.63) is 0 Å². The van der Waals surface area contributed by atoms with Crippen molar-refractivity contribution in [1.82, 2.24) is 0 Å². The zero-order chi connectivity index (χ0) is 17.3. The average molecular weight is 332 g/mol. The van der Waals surface area contributed by atoms with Gasteiger partial charge in [-0.15, -0.1) is 0 Å². The number of Topliss-reactive ketones (excluding diaryl/α,β-unsaturated/α-hetero) is 2. The molecule has 0 unspecified atom stereocenters. The molecule has 0 aromatic heterocycles. The van der Waals surface area contributed by atoms with Crippen molar-refractivity contribution >= 4 is 11.6 Å². The first-order valence-electron chi connectivity index (χ1n) is 9.97. The molecule has 4 saturated carbocycles. The number of hydrogen-bond donors (Lipinski definition) is 1. The lowest BCUT2D eigenvalue weighted by atomic mass is 9.44. The molecule has 0 aromatic carbocycles. The van der Waals surface area contributed by atoms with E-state index in [1.54, 1.807) is 6.92 Å². The Morgan fingerprint density at radius 3 is 2.46 bits per heavy atom. The monoisotopic (exact) mass is 332 g/mol. The Morgan fingerprint density at radius 1 is 1.04 bits per heavy atom. The Morgan fingerprint density at radius 2 is 1.75 bits per heavy atom. The van der Waals surface area contributed by atoms with Gasteiger partial charge in [0.25, 0.3) is 0 Å². The van der Waals surface area contributed by atoms with E-state index < -0.39 is 0 Å². The Balaban J connectivity index is 1.67. The van der Waals surface area contributed by atoms with Crippen LogP contribution in [0.4, 0.5) is 0 Å². The Kier molecular flexibility index (Phi) is 3.77. The Hall–Kier alpha value is -0.700. The highest BCUT2D eigenvalue weighted by molar-refractivity contribution is 5.80. The molecule has 24 heavy (non-hydrogen) atoms. The van der Waals surface area contributed by atoms with Crippen molar-refractivity contribution in [3.8, 4) is 0 Å². The van der Waals surface area contributed by atoms with Gasteiger partial charge in [-0.05, 0) is 80.0 Å². The van der Waals surface area contributed by atoms with Gasteiger partial charge in [0.2, 0.25) is 0 Å². The molecule has 8 atom stereocenters. The summed E-state index contributed by atoms with van der Waals surface area (Å²) in [4.78, 5) is 24.1. The van der Waals surface area contributed by atoms with Gasteiger partial charge >= 0.3 is 0 Å². The van der Waals surface area contributed by atoms with Gasteiger partial charge in [-0.25, -0.2) is 0 Å². The van der Waals surface area contributed by atoms with Crippen LogP contribution in [-0.4, -0.2) is 22.8 Å². The maximum absolute atomic E-state index is 12.2. The molecule has 0 spiro atoms. The number of hydrogen-bond acceptors (Lipinski definition) is 3. The highest BCUT2D eigenvalue weighted by atomic mass is 16.3. The van der Waals surface area contributed by atoms with Gasteiger partial charge in [0.05, 0.1) is 6.10 Å². The molecule has 0 amide bonds. The summed E-state index contributed by atoms with van der Waals surface area (Å²) in [5.74, 6) is 2.83. The molecule has 0 bridgehead atoms. The van der Waals surface area contributed by atoms with E-state index in [1.165, 1.54) is 6.42 Å². The van der Waals surface area contributed by atoms with Gasteiger partial charge in [0.15, 0.2) is 0 Å². The van der Waals surface area contributed by atoms with Crippen LogP contribution in [0.25, 0.3) is 0 Å². The highest BCUT2D eigenvalue weighted by Crippen LogP contribution is 2.67. The van der Waals surface area contributed by atoms with Crippen molar-refractivity contribution in [2.24, 2.45) is 40.4 Å². The van der Waals surface area contributed by atoms with E-state index >= 15 is 0 Å². The van der Waals surface area contributed by atoms with Crippen molar-refractivity contribution in [3.63, 3.8) is 0 Å². The lowest BCUT2D eigenvalue weighted by Gasteiger charge is -2.61. The SMILES string of the molecule is CC(=O)[C@@H]1CC[C@@H]2[C@H]3C[C@@H](O)[C@H]4CC(=O)CC[C@]4(C)[C@@H]3CC[C@]21C. The molecule has 4 rings (SSSR count). The highest BCUT2D eigenvalue weighted by Gasteiger charge is 2.62. The minimum Gasteiger partial charge on any atom is -0.393 e. The first kappa shape index (κ1) is 16.8. The van der Waals surface area contributed by atoms with E-state index in [0.717, 1.165) is 32.1 Å². The third-order valence-electron chi connectivity index (χ3n) is 8.99. The maximum Gasteiger partial charge on any atom is 0.133 e. The van der Waals surface area contributed by atoms with Crippen LogP contribution in [0, 0.1) is 40.4 Å². The Labute approximate surface area is 145 Å². The van der Waals surface area contributed by atoms with Crippen LogP contribution in [0.3, 0.4) is 0 Å². The fourth-order valence-corrected chi connectivity index (χ4v) is 7.76. The van der Waals surface area contributed by atoms with Gasteiger partial charge in [-0.1, -0.05) is 13.8 Å². The van der Waals surface area contributed by atoms with Crippen LogP contribution in [0.5, 0.6) is 0 Å². The van der Waals surface area contributed by atoms with Crippen LogP contribution in [0.15, 0.2) is 0 Å². The number of aliphatic hydroxyl groups excluding tert-OH is 1. The molecule has 4 aliphatic rings. The van der Waals surface area contributed by atoms with Gasteiger partial charge in [-0.2, -0.15) is 0 Å². The predicted octanol–water partition coefficient (Wildman–Crippen LogP) is 3.77. The van der Waals surface area contributed by atoms with Gasteiger partial charge < -0.3 is 5.11 Å². The largest absolute Gasteiger partial charge is 0.393 e. The summed E-state index contributed by atoms with van der Waals surface area (Å²) >= 11 is 0. The predicted molar refractivity (Wildman–Crippen MR) is 92.3 cm³/mol. The van der Waals surface area contributed by atoms with Crippen LogP contribution < -0.4 is 0 Å². The number of carbonyl (C=O) groups is 2. The van der Waals surface area contributed by atoms with Crippen LogP contribution in [0.1, 0.15) is 72.1 Å². The summed E-state index contributed by atoms with van der Waals surface area (Å²) in [7, 11) is 0. The first-order chi connectivity index (χ1) is 11.3. The smallest absolute Gasteiger partial charge is 0.133 e. The summed E-state index contributed by atoms with van der Waals surface area (Å²) < 4.78 is 0. The molecule has 0 radical (unpaired) electrons. The quantitative estimate of drug-likeness (QED) is 0.795. The number of aliphatic hydroxyl groups is 1. The summed E-state index contributed by atoms with van der Waals surface area (Å²) in [6.07, 6.45) is 7.25. The second kappa shape index (κ2) is 5.40. The van der Waals surface area contributed by atoms with Crippen LogP contribution in [-0.2, 0) is 9.59 Å². The molecule has 3 heteroatoms. The zero-order valence-corrected chi connectivity index (χ0v) is 15.4. The van der Waals surface area contributed by atoms with Crippen LogP contribution in [0.2, 0.25) is 0 Å². The molecule has 0 aromatic rings. The number of ketones is 2. The molecule has 1 N–H and O–H groups in total. The average Bonchev–Trinajstić information content (AvgIpc) is 2.87. The van der Waals surface area contributed by atoms with E-state index in [2.05, 4.69) is 13.8 Å². The van der Waals surface area contributed by atoms with E-state index in [1.807, 2.05) is 0 Å². The second-order valence-corrected chi connectivity index (χ2v) is 9.82. The summed E-state index contributed by atoms with van der Waals surface area (Å²) in [6.45, 7) is 6.46. The minimum absolute atomic E-state index is 0.117. The molecule has 0 heterocycles. The van der Waals surface area contributed by atoms with Crippen LogP contribution >= 0.6 is 0 Å². The van der Waals surface area contributed by atoms with E-state index in [9.17, 15) is 14.7 Å². The lowest BCUT2D eigenvalue weighted by Crippen LogP contribution is -2.58. The standard InChI is InChI=1S/C21H32O3/c1-12(22)15-4-5-16-14-11-19(24)18-10-13(23)6-8-21(18,3)17(14)7-9-20(15,16)2/h14-19,24H,4-11H2,1-3H3/t14-,15+,16-,17-,18-,19-,20+,21-/m1/s1. The maximum atomic E-state index is 12.2. The fourth-order valence-electron chi connectivity index (χ4n) is 7.76. The first-order valence-corrected chi connectivity index (χ1v) is 9.97. The number of rotatable bonds is 1. The van der Waals surface area contributed by atoms with E-state index in [0.29, 0.717) is 42.2 Å². The summed E-state index contributed by atoms with van der Waals surface area (Å²) in [5, 5.41) is 10.9. The molecule has 134 valence electrons. The zero-order valence-electron chi connectivity index (χ0n) is 15.4. The number of fused-ring (bicyclic) bond motifs is 5. The third kappa shape index (κ3) is 2.12. The molecule has 0 saturated heterocycles. The van der Waals surface area contributed by atoms with E-state index in [4.69, 9.17) is 0 Å². The molecule has 4 aliphatic carbocycles. The minimum atomic E-state index is -0.334. The van der Waals surface area contributed by atoms with Gasteiger partial charge in [0, 0.05) is 18.8 Å². The second-order valence-electron chi connectivity index (χ2n) is 9.82. The van der Waals surface area contributed by atoms with Crippen molar-refractivity contribution in [2.45, 2.75) is 78.2 Å². The molecular weight excluding hydrogens is 300 g/mol. The molecule has 0 aliphatic heterocycles. The lowest BCUT2D eigenvalue weighted by molar-refractivity contribution is -0.166. The molecular formula is C21H32O3. The summed E-state index contributed by atoms with van der Waals surface area (Å²) in [6, 6.07) is 0.